The number of allylic oxidation sites excluding steroid dienone is 1. The van der Waals surface area contributed by atoms with Gasteiger partial charge in [0.05, 0.1) is 23.5 Å². The first-order valence-corrected chi connectivity index (χ1v) is 15.1. The first-order valence-electron chi connectivity index (χ1n) is 12.7. The molecule has 4 heterocycles. The standard InChI is InChI=1S/C30H24Br2N6O2S/c1-18-15-36(24-10-12-33-13-11-24)16-26(39)37(18)28(20-6-8-22(31)9-7-20)27-19(2)35-38(29(27)40)30-34-25(17-41-30)21-4-3-5-23(32)14-21/h3-17,28,35,39H,1-2H3. The first kappa shape index (κ1) is 27.3. The molecule has 0 saturated heterocycles. The zero-order valence-electron chi connectivity index (χ0n) is 22.0. The Morgan fingerprint density at radius 3 is 2.44 bits per heavy atom. The van der Waals surface area contributed by atoms with Crippen LogP contribution < -0.4 is 10.5 Å². The van der Waals surface area contributed by atoms with Crippen molar-refractivity contribution >= 4 is 48.9 Å². The Morgan fingerprint density at radius 1 is 0.976 bits per heavy atom. The SMILES string of the molecule is CC1=CN(c2ccncc2)C=C(O)N1C(c1ccc(Br)cc1)c1c(C)[nH]n(-c2nc(-c3cccc(Br)c3)cs2)c1=O. The maximum absolute atomic E-state index is 14.1. The fourth-order valence-electron chi connectivity index (χ4n) is 4.92. The number of aliphatic hydroxyl groups is 1. The molecule has 0 aliphatic carbocycles. The number of hydrogen-bond acceptors (Lipinski definition) is 7. The Hall–Kier alpha value is -3.93. The van der Waals surface area contributed by atoms with Crippen LogP contribution in [0.4, 0.5) is 5.69 Å². The minimum absolute atomic E-state index is 0.00692. The molecule has 0 fully saturated rings. The summed E-state index contributed by atoms with van der Waals surface area (Å²) in [6.45, 7) is 3.78. The lowest BCUT2D eigenvalue weighted by atomic mass is 9.96. The van der Waals surface area contributed by atoms with Crippen molar-refractivity contribution in [1.82, 2.24) is 24.6 Å². The molecule has 206 valence electrons. The molecule has 1 aliphatic heterocycles. The quantitative estimate of drug-likeness (QED) is 0.190. The van der Waals surface area contributed by atoms with E-state index in [4.69, 9.17) is 4.98 Å². The average molecular weight is 692 g/mol. The van der Waals surface area contributed by atoms with E-state index >= 15 is 0 Å². The van der Waals surface area contributed by atoms with Crippen LogP contribution in [0.1, 0.15) is 29.8 Å². The maximum atomic E-state index is 14.1. The van der Waals surface area contributed by atoms with Gasteiger partial charge in [0.2, 0.25) is 11.0 Å². The fourth-order valence-corrected chi connectivity index (χ4v) is 6.38. The Morgan fingerprint density at radius 2 is 1.73 bits per heavy atom. The lowest BCUT2D eigenvalue weighted by Gasteiger charge is -2.37. The molecule has 2 N–H and O–H groups in total. The predicted molar refractivity (Wildman–Crippen MR) is 169 cm³/mol. The van der Waals surface area contributed by atoms with Crippen molar-refractivity contribution in [2.75, 3.05) is 4.90 Å². The van der Waals surface area contributed by atoms with Gasteiger partial charge in [-0.2, -0.15) is 4.68 Å². The van der Waals surface area contributed by atoms with Gasteiger partial charge in [-0.1, -0.05) is 56.1 Å². The third kappa shape index (κ3) is 5.28. The molecular weight excluding hydrogens is 668 g/mol. The van der Waals surface area contributed by atoms with Crippen LogP contribution in [-0.4, -0.2) is 29.8 Å². The minimum Gasteiger partial charge on any atom is -0.493 e. The normalized spacial score (nSPS) is 14.1. The Balaban J connectivity index is 1.45. The van der Waals surface area contributed by atoms with Crippen molar-refractivity contribution in [3.8, 4) is 16.4 Å². The molecule has 0 saturated carbocycles. The second kappa shape index (κ2) is 11.2. The number of hydrogen-bond donors (Lipinski definition) is 2. The maximum Gasteiger partial charge on any atom is 0.279 e. The second-order valence-electron chi connectivity index (χ2n) is 9.51. The molecule has 1 unspecified atom stereocenters. The molecule has 11 heteroatoms. The van der Waals surface area contributed by atoms with E-state index in [0.717, 1.165) is 37.2 Å². The zero-order chi connectivity index (χ0) is 28.7. The van der Waals surface area contributed by atoms with Crippen LogP contribution in [0.2, 0.25) is 0 Å². The van der Waals surface area contributed by atoms with E-state index in [0.29, 0.717) is 16.4 Å². The van der Waals surface area contributed by atoms with Gasteiger partial charge in [-0.15, -0.1) is 11.3 Å². The molecule has 1 aliphatic rings. The molecule has 6 rings (SSSR count). The van der Waals surface area contributed by atoms with Crippen LogP contribution in [0.5, 0.6) is 0 Å². The number of anilines is 1. The van der Waals surface area contributed by atoms with Gasteiger partial charge < -0.3 is 14.9 Å². The molecule has 1 atom stereocenters. The van der Waals surface area contributed by atoms with Crippen molar-refractivity contribution < 1.29 is 5.11 Å². The highest BCUT2D eigenvalue weighted by Gasteiger charge is 2.34. The fraction of sp³-hybridized carbons (Fsp3) is 0.100. The van der Waals surface area contributed by atoms with E-state index < -0.39 is 6.04 Å². The van der Waals surface area contributed by atoms with Gasteiger partial charge in [-0.3, -0.25) is 14.9 Å². The number of halogens is 2. The van der Waals surface area contributed by atoms with Crippen molar-refractivity contribution in [2.45, 2.75) is 19.9 Å². The third-order valence-corrected chi connectivity index (χ3v) is 8.65. The highest BCUT2D eigenvalue weighted by atomic mass is 79.9. The van der Waals surface area contributed by atoms with Crippen LogP contribution in [0.25, 0.3) is 16.4 Å². The van der Waals surface area contributed by atoms with E-state index in [1.165, 1.54) is 16.0 Å². The molecule has 3 aromatic heterocycles. The van der Waals surface area contributed by atoms with Crippen LogP contribution in [0, 0.1) is 6.92 Å². The molecule has 41 heavy (non-hydrogen) atoms. The van der Waals surface area contributed by atoms with Crippen molar-refractivity contribution in [1.29, 1.82) is 0 Å². The highest BCUT2D eigenvalue weighted by Crippen LogP contribution is 2.37. The van der Waals surface area contributed by atoms with Crippen LogP contribution in [0.15, 0.2) is 116 Å². The molecular formula is C30H24Br2N6O2S. The number of aromatic amines is 1. The average Bonchev–Trinajstić information content (AvgIpc) is 3.56. The van der Waals surface area contributed by atoms with E-state index in [1.54, 1.807) is 23.5 Å². The number of aromatic nitrogens is 4. The topological polar surface area (TPSA) is 90.3 Å². The van der Waals surface area contributed by atoms with E-state index in [1.807, 2.05) is 91.0 Å². The van der Waals surface area contributed by atoms with Crippen molar-refractivity contribution in [3.63, 3.8) is 0 Å². The van der Waals surface area contributed by atoms with E-state index in [9.17, 15) is 9.90 Å². The van der Waals surface area contributed by atoms with Crippen LogP contribution >= 0.6 is 43.2 Å². The lowest BCUT2D eigenvalue weighted by Crippen LogP contribution is -2.35. The summed E-state index contributed by atoms with van der Waals surface area (Å²) < 4.78 is 3.35. The predicted octanol–water partition coefficient (Wildman–Crippen LogP) is 7.65. The van der Waals surface area contributed by atoms with Gasteiger partial charge in [-0.25, -0.2) is 4.98 Å². The number of nitrogens with zero attached hydrogens (tertiary/aromatic N) is 5. The number of nitrogens with one attached hydrogen (secondary N) is 1. The molecule has 2 aromatic carbocycles. The lowest BCUT2D eigenvalue weighted by molar-refractivity contribution is 0.203. The molecule has 5 aromatic rings. The van der Waals surface area contributed by atoms with Crippen molar-refractivity contribution in [2.24, 2.45) is 0 Å². The number of rotatable bonds is 6. The van der Waals surface area contributed by atoms with Gasteiger partial charge in [0.25, 0.3) is 5.56 Å². The molecule has 0 amide bonds. The monoisotopic (exact) mass is 690 g/mol. The van der Waals surface area contributed by atoms with Gasteiger partial charge in [0, 0.05) is 55.6 Å². The smallest absolute Gasteiger partial charge is 0.279 e. The minimum atomic E-state index is -0.607. The number of aliphatic hydroxyl groups excluding tert-OH is 1. The summed E-state index contributed by atoms with van der Waals surface area (Å²) in [5.41, 5.74) is 5.15. The highest BCUT2D eigenvalue weighted by molar-refractivity contribution is 9.10. The van der Waals surface area contributed by atoms with E-state index in [-0.39, 0.29) is 11.4 Å². The summed E-state index contributed by atoms with van der Waals surface area (Å²) in [7, 11) is 0. The second-order valence-corrected chi connectivity index (χ2v) is 12.2. The molecule has 0 spiro atoms. The van der Waals surface area contributed by atoms with Crippen molar-refractivity contribution in [3.05, 3.63) is 139 Å². The van der Waals surface area contributed by atoms with Crippen LogP contribution in [0.3, 0.4) is 0 Å². The summed E-state index contributed by atoms with van der Waals surface area (Å²) in [5.74, 6) is 0.00692. The number of benzene rings is 2. The van der Waals surface area contributed by atoms with E-state index in [2.05, 4.69) is 41.9 Å². The summed E-state index contributed by atoms with van der Waals surface area (Å²) in [5, 5.41) is 17.1. The Kier molecular flexibility index (Phi) is 7.41. The number of thiazole rings is 1. The number of H-pyrrole nitrogens is 1. The van der Waals surface area contributed by atoms with Gasteiger partial charge in [0.1, 0.15) is 0 Å². The third-order valence-electron chi connectivity index (χ3n) is 6.81. The van der Waals surface area contributed by atoms with Gasteiger partial charge in [-0.05, 0) is 55.8 Å². The summed E-state index contributed by atoms with van der Waals surface area (Å²) >= 11 is 8.41. The molecule has 0 radical (unpaired) electrons. The summed E-state index contributed by atoms with van der Waals surface area (Å²) in [4.78, 5) is 26.6. The first-order chi connectivity index (χ1) is 19.8. The van der Waals surface area contributed by atoms with Gasteiger partial charge in [0.15, 0.2) is 0 Å². The summed E-state index contributed by atoms with van der Waals surface area (Å²) in [6, 6.07) is 18.8. The van der Waals surface area contributed by atoms with Gasteiger partial charge >= 0.3 is 0 Å². The number of aryl methyl sites for hydroxylation is 1. The summed E-state index contributed by atoms with van der Waals surface area (Å²) in [6.07, 6.45) is 6.96. The Bertz CT molecular complexity index is 1820. The largest absolute Gasteiger partial charge is 0.493 e. The Labute approximate surface area is 257 Å². The molecule has 8 nitrogen and oxygen atoms in total. The molecule has 0 bridgehead atoms. The van der Waals surface area contributed by atoms with Crippen LogP contribution in [-0.2, 0) is 0 Å². The number of pyridine rings is 1. The zero-order valence-corrected chi connectivity index (χ0v) is 26.0.